The van der Waals surface area contributed by atoms with E-state index in [4.69, 9.17) is 19.2 Å². The number of carbonyl (C=O) groups excluding carboxylic acids is 4. The molecule has 4 heterocycles. The predicted octanol–water partition coefficient (Wildman–Crippen LogP) is 3.07. The van der Waals surface area contributed by atoms with Gasteiger partial charge in [0, 0.05) is 17.3 Å². The Balaban J connectivity index is 1.46. The summed E-state index contributed by atoms with van der Waals surface area (Å²) in [6.45, 7) is 12.7. The maximum absolute atomic E-state index is 13.9. The summed E-state index contributed by atoms with van der Waals surface area (Å²) < 4.78 is 17.1. The maximum atomic E-state index is 13.9. The molecule has 1 aromatic carbocycles. The fourth-order valence-electron chi connectivity index (χ4n) is 5.74. The lowest BCUT2D eigenvalue weighted by atomic mass is 9.89. The monoisotopic (exact) mass is 649 g/mol. The molecule has 254 valence electrons. The third kappa shape index (κ3) is 8.17. The van der Waals surface area contributed by atoms with Crippen molar-refractivity contribution in [2.24, 2.45) is 16.7 Å². The van der Waals surface area contributed by atoms with Gasteiger partial charge in [-0.25, -0.2) is 10.4 Å². The second-order valence-corrected chi connectivity index (χ2v) is 14.2. The van der Waals surface area contributed by atoms with Crippen molar-refractivity contribution in [2.75, 3.05) is 33.0 Å². The largest absolute Gasteiger partial charge is 0.455 e. The van der Waals surface area contributed by atoms with E-state index in [0.717, 1.165) is 16.5 Å². The minimum atomic E-state index is -1.07. The van der Waals surface area contributed by atoms with Crippen LogP contribution in [0.25, 0.3) is 17.0 Å². The fourth-order valence-corrected chi connectivity index (χ4v) is 5.74. The van der Waals surface area contributed by atoms with Gasteiger partial charge in [-0.05, 0) is 57.2 Å². The van der Waals surface area contributed by atoms with Crippen LogP contribution in [0.2, 0.25) is 0 Å². The molecule has 2 saturated heterocycles. The zero-order valence-electron chi connectivity index (χ0n) is 28.1. The summed E-state index contributed by atoms with van der Waals surface area (Å²) in [4.78, 5) is 59.3. The normalized spacial score (nSPS) is 27.5. The summed E-state index contributed by atoms with van der Waals surface area (Å²) >= 11 is 0. The minimum absolute atomic E-state index is 0.0931. The Hall–Kier alpha value is -3.87. The first-order valence-electron chi connectivity index (χ1n) is 16.4. The lowest BCUT2D eigenvalue weighted by Crippen LogP contribution is -2.63. The van der Waals surface area contributed by atoms with Crippen molar-refractivity contribution in [1.29, 1.82) is 0 Å². The predicted molar refractivity (Wildman–Crippen MR) is 175 cm³/mol. The van der Waals surface area contributed by atoms with E-state index in [9.17, 15) is 19.2 Å². The molecule has 1 aromatic heterocycles. The van der Waals surface area contributed by atoms with Gasteiger partial charge in [0.05, 0.1) is 43.1 Å². The Morgan fingerprint density at radius 2 is 1.81 bits per heavy atom. The Morgan fingerprint density at radius 3 is 2.51 bits per heavy atom. The molecule has 3 unspecified atom stereocenters. The first-order valence-corrected chi connectivity index (χ1v) is 16.4. The second-order valence-electron chi connectivity index (χ2n) is 14.2. The number of benzene rings is 1. The second kappa shape index (κ2) is 14.1. The summed E-state index contributed by atoms with van der Waals surface area (Å²) in [5.41, 5.74) is 4.04. The van der Waals surface area contributed by atoms with Crippen molar-refractivity contribution < 1.29 is 33.4 Å². The van der Waals surface area contributed by atoms with Crippen molar-refractivity contribution in [3.05, 3.63) is 47.7 Å². The van der Waals surface area contributed by atoms with Crippen LogP contribution in [0.1, 0.15) is 71.7 Å². The molecule has 0 radical (unpaired) electrons. The number of carbonyl (C=O) groups is 4. The summed E-state index contributed by atoms with van der Waals surface area (Å²) in [6.07, 6.45) is 4.03. The Kier molecular flexibility index (Phi) is 10.3. The van der Waals surface area contributed by atoms with Gasteiger partial charge >= 0.3 is 5.97 Å². The van der Waals surface area contributed by atoms with Crippen LogP contribution >= 0.6 is 0 Å². The standard InChI is InChI=1S/C35H47N5O7/c1-21(2)29-30(41)37-28(17-45-18-35(6)19-46-20-35)31(42)40-15-7-8-26(39-40)32(43)47-22(3)25-12-11-24-10-9-23(16-27(24)36-25)13-14-34(4,5)33(44)38-29/h9-14,16,21-22,26,28-29,39H,7-8,15,17-20H2,1-6H3,(H,37,41)(H,38,44)/b14-13+/t22-,26?,28?,29?/m1/s1. The molecule has 0 aliphatic carbocycles. The number of pyridine rings is 1. The molecule has 4 atom stereocenters. The SMILES string of the molecule is CC(C)C1NC(=O)C(C)(C)/C=C/c2ccc3ccc(nc3c2)[C@@H](C)OC(=O)C2CCCN(N2)C(=O)C(COCC2(C)COC2)NC1=O. The third-order valence-corrected chi connectivity index (χ3v) is 8.95. The third-order valence-electron chi connectivity index (χ3n) is 8.95. The van der Waals surface area contributed by atoms with E-state index < -0.39 is 47.4 Å². The highest BCUT2D eigenvalue weighted by atomic mass is 16.5. The van der Waals surface area contributed by atoms with Gasteiger partial charge in [0.25, 0.3) is 5.91 Å². The lowest BCUT2D eigenvalue weighted by Gasteiger charge is -2.38. The van der Waals surface area contributed by atoms with Crippen LogP contribution in [0.15, 0.2) is 36.4 Å². The molecule has 12 heteroatoms. The molecule has 0 spiro atoms. The highest BCUT2D eigenvalue weighted by Gasteiger charge is 2.38. The van der Waals surface area contributed by atoms with E-state index in [1.807, 2.05) is 57.2 Å². The van der Waals surface area contributed by atoms with E-state index in [-0.39, 0.29) is 23.8 Å². The van der Waals surface area contributed by atoms with Gasteiger partial charge in [-0.1, -0.05) is 51.1 Å². The molecule has 47 heavy (non-hydrogen) atoms. The van der Waals surface area contributed by atoms with E-state index in [1.165, 1.54) is 5.01 Å². The van der Waals surface area contributed by atoms with Gasteiger partial charge in [0.15, 0.2) is 0 Å². The van der Waals surface area contributed by atoms with E-state index in [1.54, 1.807) is 26.8 Å². The van der Waals surface area contributed by atoms with Crippen molar-refractivity contribution in [1.82, 2.24) is 26.1 Å². The van der Waals surface area contributed by atoms with Gasteiger partial charge in [-0.2, -0.15) is 0 Å². The molecule has 3 aliphatic heterocycles. The van der Waals surface area contributed by atoms with Gasteiger partial charge < -0.3 is 24.8 Å². The van der Waals surface area contributed by atoms with E-state index in [2.05, 4.69) is 16.1 Å². The number of nitrogens with zero attached hydrogens (tertiary/aromatic N) is 2. The number of rotatable bonds is 5. The van der Waals surface area contributed by atoms with Gasteiger partial charge in [0.1, 0.15) is 24.2 Å². The Bertz CT molecular complexity index is 1540. The zero-order valence-corrected chi connectivity index (χ0v) is 28.1. The highest BCUT2D eigenvalue weighted by molar-refractivity contribution is 5.94. The molecular formula is C35H47N5O7. The van der Waals surface area contributed by atoms with Crippen LogP contribution in [0, 0.1) is 16.7 Å². The minimum Gasteiger partial charge on any atom is -0.455 e. The van der Waals surface area contributed by atoms with Crippen LogP contribution < -0.4 is 16.1 Å². The molecular weight excluding hydrogens is 602 g/mol. The van der Waals surface area contributed by atoms with Crippen molar-refractivity contribution in [3.8, 4) is 0 Å². The first-order chi connectivity index (χ1) is 22.2. The Morgan fingerprint density at radius 1 is 1.06 bits per heavy atom. The van der Waals surface area contributed by atoms with Crippen LogP contribution in [-0.2, 0) is 33.4 Å². The number of ether oxygens (including phenoxy) is 3. The molecule has 2 fully saturated rings. The van der Waals surface area contributed by atoms with E-state index in [0.29, 0.717) is 44.9 Å². The smallest absolute Gasteiger partial charge is 0.325 e. The molecule has 2 aromatic rings. The number of amides is 3. The van der Waals surface area contributed by atoms with Gasteiger partial charge in [-0.15, -0.1) is 0 Å². The topological polar surface area (TPSA) is 148 Å². The summed E-state index contributed by atoms with van der Waals surface area (Å²) in [7, 11) is 0. The maximum Gasteiger partial charge on any atom is 0.325 e. The number of nitrogens with one attached hydrogen (secondary N) is 3. The summed E-state index contributed by atoms with van der Waals surface area (Å²) in [5, 5.41) is 8.04. The number of hydrazine groups is 1. The molecule has 0 saturated carbocycles. The van der Waals surface area contributed by atoms with Crippen molar-refractivity contribution in [2.45, 2.75) is 78.6 Å². The number of aromatic nitrogens is 1. The molecule has 3 aliphatic rings. The molecule has 3 amide bonds. The zero-order chi connectivity index (χ0) is 33.9. The van der Waals surface area contributed by atoms with Crippen molar-refractivity contribution >= 4 is 40.7 Å². The van der Waals surface area contributed by atoms with Gasteiger partial charge in [0.2, 0.25) is 11.8 Å². The Labute approximate surface area is 275 Å². The van der Waals surface area contributed by atoms with Crippen LogP contribution in [0.3, 0.4) is 0 Å². The highest BCUT2D eigenvalue weighted by Crippen LogP contribution is 2.27. The fraction of sp³-hybridized carbons (Fsp3) is 0.571. The molecule has 5 bridgehead atoms. The quantitative estimate of drug-likeness (QED) is 0.416. The van der Waals surface area contributed by atoms with Crippen LogP contribution in [-0.4, -0.2) is 84.8 Å². The van der Waals surface area contributed by atoms with E-state index >= 15 is 0 Å². The molecule has 5 rings (SSSR count). The average molecular weight is 650 g/mol. The number of esters is 1. The van der Waals surface area contributed by atoms with Crippen LogP contribution in [0.5, 0.6) is 0 Å². The molecule has 12 nitrogen and oxygen atoms in total. The van der Waals surface area contributed by atoms with Gasteiger partial charge in [-0.3, -0.25) is 24.2 Å². The molecule has 3 N–H and O–H groups in total. The van der Waals surface area contributed by atoms with Crippen LogP contribution in [0.4, 0.5) is 0 Å². The number of cyclic esters (lactones) is 1. The van der Waals surface area contributed by atoms with Crippen molar-refractivity contribution in [3.63, 3.8) is 0 Å². The number of hydrogen-bond acceptors (Lipinski definition) is 9. The number of fused-ring (bicyclic) bond motifs is 4. The first kappa shape index (κ1) is 34.5. The number of hydrogen-bond donors (Lipinski definition) is 3. The average Bonchev–Trinajstić information content (AvgIpc) is 3.03. The lowest BCUT2D eigenvalue weighted by molar-refractivity contribution is -0.159. The summed E-state index contributed by atoms with van der Waals surface area (Å²) in [6, 6.07) is 6.80. The summed E-state index contributed by atoms with van der Waals surface area (Å²) in [5.74, 6) is -2.07.